The number of nitrogens with one attached hydrogen (secondary N) is 1. The molecular weight excluding hydrogens is 282 g/mol. The van der Waals surface area contributed by atoms with E-state index in [2.05, 4.69) is 35.8 Å². The molecule has 2 aromatic rings. The Hall–Kier alpha value is -1.65. The molecular formula is C17H21NO2S. The first-order valence-electron chi connectivity index (χ1n) is 6.80. The summed E-state index contributed by atoms with van der Waals surface area (Å²) in [5.74, 6) is 1.63. The number of thioether (sulfide) groups is 1. The van der Waals surface area contributed by atoms with Crippen molar-refractivity contribution in [3.05, 3.63) is 53.6 Å². The molecule has 0 aliphatic heterocycles. The van der Waals surface area contributed by atoms with E-state index in [1.165, 1.54) is 10.5 Å². The number of rotatable bonds is 7. The highest BCUT2D eigenvalue weighted by Gasteiger charge is 2.02. The van der Waals surface area contributed by atoms with E-state index >= 15 is 0 Å². The predicted molar refractivity (Wildman–Crippen MR) is 88.3 cm³/mol. The summed E-state index contributed by atoms with van der Waals surface area (Å²) in [7, 11) is 3.33. The lowest BCUT2D eigenvalue weighted by Gasteiger charge is -2.10. The minimum absolute atomic E-state index is 0.776. The molecule has 0 fully saturated rings. The largest absolute Gasteiger partial charge is 0.497 e. The average molecular weight is 303 g/mol. The Bertz CT molecular complexity index is 547. The SMILES string of the molecule is COc1cc(CNCc2ccc(SC)cc2)cc(OC)c1. The molecule has 0 aliphatic carbocycles. The van der Waals surface area contributed by atoms with Crippen LogP contribution in [-0.2, 0) is 13.1 Å². The molecule has 0 spiro atoms. The lowest BCUT2D eigenvalue weighted by atomic mass is 10.2. The van der Waals surface area contributed by atoms with Crippen molar-refractivity contribution in [2.45, 2.75) is 18.0 Å². The van der Waals surface area contributed by atoms with Crippen LogP contribution in [0.25, 0.3) is 0 Å². The van der Waals surface area contributed by atoms with Gasteiger partial charge in [0.05, 0.1) is 14.2 Å². The smallest absolute Gasteiger partial charge is 0.122 e. The molecule has 1 N–H and O–H groups in total. The van der Waals surface area contributed by atoms with Crippen molar-refractivity contribution in [1.29, 1.82) is 0 Å². The van der Waals surface area contributed by atoms with Gasteiger partial charge in [0, 0.05) is 24.1 Å². The molecule has 0 saturated carbocycles. The summed E-state index contributed by atoms with van der Waals surface area (Å²) in [6, 6.07) is 14.5. The Kier molecular flexibility index (Phi) is 5.96. The van der Waals surface area contributed by atoms with Gasteiger partial charge in [-0.3, -0.25) is 0 Å². The average Bonchev–Trinajstić information content (AvgIpc) is 2.55. The van der Waals surface area contributed by atoms with Gasteiger partial charge < -0.3 is 14.8 Å². The zero-order valence-electron chi connectivity index (χ0n) is 12.7. The number of benzene rings is 2. The van der Waals surface area contributed by atoms with Crippen molar-refractivity contribution in [2.75, 3.05) is 20.5 Å². The quantitative estimate of drug-likeness (QED) is 0.790. The molecule has 0 aliphatic rings. The zero-order valence-corrected chi connectivity index (χ0v) is 13.5. The van der Waals surface area contributed by atoms with Gasteiger partial charge in [0.15, 0.2) is 0 Å². The van der Waals surface area contributed by atoms with Gasteiger partial charge in [-0.2, -0.15) is 0 Å². The first-order chi connectivity index (χ1) is 10.2. The molecule has 0 bridgehead atoms. The van der Waals surface area contributed by atoms with Gasteiger partial charge in [-0.25, -0.2) is 0 Å². The van der Waals surface area contributed by atoms with Crippen molar-refractivity contribution in [3.8, 4) is 11.5 Å². The Morgan fingerprint density at radius 1 is 0.857 bits per heavy atom. The Balaban J connectivity index is 1.93. The fourth-order valence-electron chi connectivity index (χ4n) is 2.06. The van der Waals surface area contributed by atoms with E-state index < -0.39 is 0 Å². The molecule has 2 rings (SSSR count). The normalized spacial score (nSPS) is 10.4. The third-order valence-corrected chi connectivity index (χ3v) is 3.97. The monoisotopic (exact) mass is 303 g/mol. The van der Waals surface area contributed by atoms with E-state index in [4.69, 9.17) is 9.47 Å². The van der Waals surface area contributed by atoms with Gasteiger partial charge >= 0.3 is 0 Å². The van der Waals surface area contributed by atoms with Crippen LogP contribution in [0.3, 0.4) is 0 Å². The summed E-state index contributed by atoms with van der Waals surface area (Å²) >= 11 is 1.76. The number of hydrogen-bond donors (Lipinski definition) is 1. The van der Waals surface area contributed by atoms with Crippen LogP contribution in [0.5, 0.6) is 11.5 Å². The Morgan fingerprint density at radius 3 is 1.95 bits per heavy atom. The lowest BCUT2D eigenvalue weighted by Crippen LogP contribution is -2.12. The van der Waals surface area contributed by atoms with Crippen LogP contribution in [0.2, 0.25) is 0 Å². The van der Waals surface area contributed by atoms with E-state index in [0.29, 0.717) is 0 Å². The van der Waals surface area contributed by atoms with Gasteiger partial charge in [-0.05, 0) is 41.6 Å². The van der Waals surface area contributed by atoms with Crippen LogP contribution >= 0.6 is 11.8 Å². The van der Waals surface area contributed by atoms with Crippen LogP contribution in [0.4, 0.5) is 0 Å². The van der Waals surface area contributed by atoms with Crippen LogP contribution in [-0.4, -0.2) is 20.5 Å². The first kappa shape index (κ1) is 15.7. The molecule has 4 heteroatoms. The highest BCUT2D eigenvalue weighted by Crippen LogP contribution is 2.22. The minimum atomic E-state index is 0.776. The maximum absolute atomic E-state index is 5.28. The predicted octanol–water partition coefficient (Wildman–Crippen LogP) is 3.72. The lowest BCUT2D eigenvalue weighted by molar-refractivity contribution is 0.393. The molecule has 0 aromatic heterocycles. The van der Waals surface area contributed by atoms with Crippen molar-refractivity contribution < 1.29 is 9.47 Å². The van der Waals surface area contributed by atoms with E-state index in [-0.39, 0.29) is 0 Å². The van der Waals surface area contributed by atoms with E-state index in [9.17, 15) is 0 Å². The van der Waals surface area contributed by atoms with Crippen LogP contribution in [0.1, 0.15) is 11.1 Å². The first-order valence-corrected chi connectivity index (χ1v) is 8.03. The molecule has 0 atom stereocenters. The maximum Gasteiger partial charge on any atom is 0.122 e. The second kappa shape index (κ2) is 7.96. The highest BCUT2D eigenvalue weighted by atomic mass is 32.2. The van der Waals surface area contributed by atoms with Crippen LogP contribution in [0, 0.1) is 0 Å². The summed E-state index contributed by atoms with van der Waals surface area (Å²) in [5, 5.41) is 3.44. The summed E-state index contributed by atoms with van der Waals surface area (Å²) in [6.45, 7) is 1.62. The fraction of sp³-hybridized carbons (Fsp3) is 0.294. The standard InChI is InChI=1S/C17H21NO2S/c1-19-15-8-14(9-16(10-15)20-2)12-18-11-13-4-6-17(21-3)7-5-13/h4-10,18H,11-12H2,1-3H3. The summed E-state index contributed by atoms with van der Waals surface area (Å²) in [6.07, 6.45) is 2.09. The van der Waals surface area contributed by atoms with Crippen molar-refractivity contribution in [2.24, 2.45) is 0 Å². The van der Waals surface area contributed by atoms with Crippen molar-refractivity contribution in [3.63, 3.8) is 0 Å². The summed E-state index contributed by atoms with van der Waals surface area (Å²) in [5.41, 5.74) is 2.43. The zero-order chi connectivity index (χ0) is 15.1. The Morgan fingerprint density at radius 2 is 1.43 bits per heavy atom. The van der Waals surface area contributed by atoms with Gasteiger partial charge in [0.25, 0.3) is 0 Å². The molecule has 0 heterocycles. The number of ether oxygens (including phenoxy) is 2. The number of methoxy groups -OCH3 is 2. The third kappa shape index (κ3) is 4.69. The Labute approximate surface area is 130 Å². The molecule has 21 heavy (non-hydrogen) atoms. The van der Waals surface area contributed by atoms with Gasteiger partial charge in [0.1, 0.15) is 11.5 Å². The molecule has 2 aromatic carbocycles. The van der Waals surface area contributed by atoms with Gasteiger partial charge in [-0.1, -0.05) is 12.1 Å². The summed E-state index contributed by atoms with van der Waals surface area (Å²) < 4.78 is 10.6. The van der Waals surface area contributed by atoms with Gasteiger partial charge in [-0.15, -0.1) is 11.8 Å². The second-order valence-corrected chi connectivity index (χ2v) is 5.55. The van der Waals surface area contributed by atoms with E-state index in [1.54, 1.807) is 26.0 Å². The molecule has 0 amide bonds. The van der Waals surface area contributed by atoms with Gasteiger partial charge in [0.2, 0.25) is 0 Å². The van der Waals surface area contributed by atoms with Crippen molar-refractivity contribution in [1.82, 2.24) is 5.32 Å². The summed E-state index contributed by atoms with van der Waals surface area (Å²) in [4.78, 5) is 1.29. The third-order valence-electron chi connectivity index (χ3n) is 3.23. The molecule has 0 saturated heterocycles. The molecule has 112 valence electrons. The molecule has 0 radical (unpaired) electrons. The maximum atomic E-state index is 5.28. The van der Waals surface area contributed by atoms with E-state index in [0.717, 1.165) is 30.2 Å². The number of hydrogen-bond acceptors (Lipinski definition) is 4. The second-order valence-electron chi connectivity index (χ2n) is 4.67. The minimum Gasteiger partial charge on any atom is -0.497 e. The van der Waals surface area contributed by atoms with E-state index in [1.807, 2.05) is 18.2 Å². The van der Waals surface area contributed by atoms with Crippen LogP contribution in [0.15, 0.2) is 47.4 Å². The van der Waals surface area contributed by atoms with Crippen LogP contribution < -0.4 is 14.8 Å². The topological polar surface area (TPSA) is 30.5 Å². The highest BCUT2D eigenvalue weighted by molar-refractivity contribution is 7.98. The molecule has 0 unspecified atom stereocenters. The molecule has 3 nitrogen and oxygen atoms in total. The van der Waals surface area contributed by atoms with Crippen molar-refractivity contribution >= 4 is 11.8 Å². The fourth-order valence-corrected chi connectivity index (χ4v) is 2.47.